The van der Waals surface area contributed by atoms with Gasteiger partial charge in [0.2, 0.25) is 0 Å². The molecule has 1 fully saturated rings. The number of methoxy groups -OCH3 is 1. The van der Waals surface area contributed by atoms with Gasteiger partial charge in [0.1, 0.15) is 0 Å². The molecule has 0 bridgehead atoms. The molecule has 1 saturated carbocycles. The number of benzene rings is 1. The third-order valence-corrected chi connectivity index (χ3v) is 4.61. The first-order valence-corrected chi connectivity index (χ1v) is 7.70. The van der Waals surface area contributed by atoms with Crippen LogP contribution in [0.4, 0.5) is 0 Å². The molecule has 112 valence electrons. The average Bonchev–Trinajstić information content (AvgIpc) is 3.32. The van der Waals surface area contributed by atoms with E-state index in [0.29, 0.717) is 12.1 Å². The van der Waals surface area contributed by atoms with E-state index in [-0.39, 0.29) is 6.04 Å². The molecule has 20 heavy (non-hydrogen) atoms. The highest BCUT2D eigenvalue weighted by atomic mass is 16.5. The summed E-state index contributed by atoms with van der Waals surface area (Å²) in [5.74, 6) is 0.845. The van der Waals surface area contributed by atoms with Crippen LogP contribution in [0.15, 0.2) is 30.3 Å². The van der Waals surface area contributed by atoms with Crippen LogP contribution in [0.1, 0.15) is 38.3 Å². The summed E-state index contributed by atoms with van der Waals surface area (Å²) in [5, 5.41) is 0. The third-order valence-electron chi connectivity index (χ3n) is 4.61. The van der Waals surface area contributed by atoms with Crippen LogP contribution in [-0.4, -0.2) is 37.2 Å². The van der Waals surface area contributed by atoms with Crippen molar-refractivity contribution in [1.29, 1.82) is 0 Å². The quantitative estimate of drug-likeness (QED) is 0.793. The Balaban J connectivity index is 2.06. The van der Waals surface area contributed by atoms with Crippen molar-refractivity contribution in [3.63, 3.8) is 0 Å². The lowest BCUT2D eigenvalue weighted by molar-refractivity contribution is 0.0771. The van der Waals surface area contributed by atoms with Gasteiger partial charge in [-0.05, 0) is 38.2 Å². The van der Waals surface area contributed by atoms with Crippen LogP contribution in [0.3, 0.4) is 0 Å². The Bertz CT molecular complexity index is 391. The summed E-state index contributed by atoms with van der Waals surface area (Å²) in [4.78, 5) is 2.53. The standard InChI is InChI=1S/C17H28N2O/c1-13(15-9-10-15)19(11-12-20-3)14(2)17(18)16-7-5-4-6-8-16/h4-8,13-15,17H,9-12,18H2,1-3H3. The first-order valence-electron chi connectivity index (χ1n) is 7.70. The Hall–Kier alpha value is -0.900. The number of hydrogen-bond acceptors (Lipinski definition) is 3. The van der Waals surface area contributed by atoms with Crippen LogP contribution in [0, 0.1) is 5.92 Å². The summed E-state index contributed by atoms with van der Waals surface area (Å²) in [6.07, 6.45) is 2.72. The molecule has 1 aliphatic rings. The summed E-state index contributed by atoms with van der Waals surface area (Å²) in [6, 6.07) is 11.4. The van der Waals surface area contributed by atoms with Crippen molar-refractivity contribution in [1.82, 2.24) is 4.90 Å². The first-order chi connectivity index (χ1) is 9.65. The van der Waals surface area contributed by atoms with Crippen molar-refractivity contribution in [3.8, 4) is 0 Å². The van der Waals surface area contributed by atoms with Gasteiger partial charge >= 0.3 is 0 Å². The van der Waals surface area contributed by atoms with E-state index >= 15 is 0 Å². The molecule has 0 radical (unpaired) electrons. The Morgan fingerprint density at radius 1 is 1.25 bits per heavy atom. The minimum Gasteiger partial charge on any atom is -0.383 e. The summed E-state index contributed by atoms with van der Waals surface area (Å²) in [7, 11) is 1.77. The number of hydrogen-bond donors (Lipinski definition) is 1. The predicted octanol–water partition coefficient (Wildman–Crippen LogP) is 2.82. The predicted molar refractivity (Wildman–Crippen MR) is 83.6 cm³/mol. The van der Waals surface area contributed by atoms with Gasteiger partial charge in [0.25, 0.3) is 0 Å². The van der Waals surface area contributed by atoms with Crippen molar-refractivity contribution >= 4 is 0 Å². The topological polar surface area (TPSA) is 38.5 Å². The second-order valence-corrected chi connectivity index (χ2v) is 5.99. The van der Waals surface area contributed by atoms with E-state index in [1.807, 2.05) is 6.07 Å². The molecule has 0 aromatic heterocycles. The fourth-order valence-corrected chi connectivity index (χ4v) is 2.98. The number of nitrogens with two attached hydrogens (primary N) is 1. The van der Waals surface area contributed by atoms with Crippen LogP contribution in [0.5, 0.6) is 0 Å². The van der Waals surface area contributed by atoms with Gasteiger partial charge in [-0.15, -0.1) is 0 Å². The van der Waals surface area contributed by atoms with Gasteiger partial charge < -0.3 is 10.5 Å². The van der Waals surface area contributed by atoms with Crippen molar-refractivity contribution < 1.29 is 4.74 Å². The SMILES string of the molecule is COCCN(C(C)C1CC1)C(C)C(N)c1ccccc1. The highest BCUT2D eigenvalue weighted by molar-refractivity contribution is 5.20. The van der Waals surface area contributed by atoms with Crippen molar-refractivity contribution in [2.75, 3.05) is 20.3 Å². The summed E-state index contributed by atoms with van der Waals surface area (Å²) >= 11 is 0. The molecule has 3 atom stereocenters. The van der Waals surface area contributed by atoms with Crippen LogP contribution in [0.2, 0.25) is 0 Å². The molecular formula is C17H28N2O. The zero-order valence-electron chi connectivity index (χ0n) is 13.0. The molecule has 0 amide bonds. The lowest BCUT2D eigenvalue weighted by Gasteiger charge is -2.38. The molecule has 2 rings (SSSR count). The van der Waals surface area contributed by atoms with Crippen LogP contribution >= 0.6 is 0 Å². The molecule has 1 aliphatic carbocycles. The second-order valence-electron chi connectivity index (χ2n) is 5.99. The molecule has 1 aromatic rings. The first kappa shape index (κ1) is 15.5. The van der Waals surface area contributed by atoms with Gasteiger partial charge in [0.05, 0.1) is 6.61 Å². The minimum absolute atomic E-state index is 0.0502. The normalized spacial score (nSPS) is 19.9. The lowest BCUT2D eigenvalue weighted by atomic mass is 9.98. The summed E-state index contributed by atoms with van der Waals surface area (Å²) in [6.45, 7) is 6.30. The van der Waals surface area contributed by atoms with Gasteiger partial charge in [-0.1, -0.05) is 30.3 Å². The van der Waals surface area contributed by atoms with Gasteiger partial charge in [-0.25, -0.2) is 0 Å². The van der Waals surface area contributed by atoms with Crippen LogP contribution < -0.4 is 5.73 Å². The maximum absolute atomic E-state index is 6.49. The lowest BCUT2D eigenvalue weighted by Crippen LogP contribution is -2.48. The van der Waals surface area contributed by atoms with E-state index in [4.69, 9.17) is 10.5 Å². The highest BCUT2D eigenvalue weighted by Crippen LogP contribution is 2.36. The molecule has 1 aromatic carbocycles. The smallest absolute Gasteiger partial charge is 0.0589 e. The molecule has 0 heterocycles. The number of ether oxygens (including phenoxy) is 1. The highest BCUT2D eigenvalue weighted by Gasteiger charge is 2.35. The Labute approximate surface area is 123 Å². The largest absolute Gasteiger partial charge is 0.383 e. The van der Waals surface area contributed by atoms with Gasteiger partial charge in [-0.2, -0.15) is 0 Å². The maximum atomic E-state index is 6.49. The Morgan fingerprint density at radius 2 is 1.90 bits per heavy atom. The Kier molecular flexibility index (Phi) is 5.58. The second kappa shape index (κ2) is 7.21. The molecule has 0 spiro atoms. The van der Waals surface area contributed by atoms with Crippen LogP contribution in [0.25, 0.3) is 0 Å². The van der Waals surface area contributed by atoms with Gasteiger partial charge in [0, 0.05) is 31.8 Å². The zero-order chi connectivity index (χ0) is 14.5. The van der Waals surface area contributed by atoms with Crippen molar-refractivity contribution in [2.45, 2.75) is 44.8 Å². The molecule has 0 saturated heterocycles. The zero-order valence-corrected chi connectivity index (χ0v) is 13.0. The van der Waals surface area contributed by atoms with Crippen molar-refractivity contribution in [3.05, 3.63) is 35.9 Å². The van der Waals surface area contributed by atoms with Crippen LogP contribution in [-0.2, 0) is 4.74 Å². The summed E-state index contributed by atoms with van der Waals surface area (Å²) in [5.41, 5.74) is 7.70. The monoisotopic (exact) mass is 276 g/mol. The maximum Gasteiger partial charge on any atom is 0.0589 e. The van der Waals surface area contributed by atoms with E-state index in [0.717, 1.165) is 19.1 Å². The molecule has 0 aliphatic heterocycles. The van der Waals surface area contributed by atoms with E-state index in [1.54, 1.807) is 7.11 Å². The molecule has 3 nitrogen and oxygen atoms in total. The molecular weight excluding hydrogens is 248 g/mol. The van der Waals surface area contributed by atoms with E-state index in [1.165, 1.54) is 18.4 Å². The van der Waals surface area contributed by atoms with Gasteiger partial charge in [-0.3, -0.25) is 4.90 Å². The molecule has 2 N–H and O–H groups in total. The molecule has 3 unspecified atom stereocenters. The number of nitrogens with zero attached hydrogens (tertiary/aromatic N) is 1. The minimum atomic E-state index is 0.0502. The fraction of sp³-hybridized carbons (Fsp3) is 0.647. The third kappa shape index (κ3) is 3.81. The van der Waals surface area contributed by atoms with E-state index in [2.05, 4.69) is 43.0 Å². The van der Waals surface area contributed by atoms with E-state index in [9.17, 15) is 0 Å². The average molecular weight is 276 g/mol. The van der Waals surface area contributed by atoms with E-state index < -0.39 is 0 Å². The Morgan fingerprint density at radius 3 is 2.45 bits per heavy atom. The number of rotatable bonds is 8. The van der Waals surface area contributed by atoms with Gasteiger partial charge in [0.15, 0.2) is 0 Å². The fourth-order valence-electron chi connectivity index (χ4n) is 2.98. The summed E-state index contributed by atoms with van der Waals surface area (Å²) < 4.78 is 5.28. The molecule has 3 heteroatoms. The van der Waals surface area contributed by atoms with Crippen molar-refractivity contribution in [2.24, 2.45) is 11.7 Å².